The molecule has 1 aromatic heterocycles. The molecule has 6 nitrogen and oxygen atoms in total. The van der Waals surface area contributed by atoms with Crippen LogP contribution in [0.15, 0.2) is 103 Å². The number of nitrogens with zero attached hydrogens (tertiary/aromatic N) is 2. The van der Waals surface area contributed by atoms with Crippen LogP contribution in [0.1, 0.15) is 106 Å². The van der Waals surface area contributed by atoms with E-state index in [-0.39, 0.29) is 30.3 Å². The number of rotatable bonds is 13. The van der Waals surface area contributed by atoms with Crippen LogP contribution in [-0.2, 0) is 45.2 Å². The fraction of sp³-hybridized carbons (Fsp3) is 0.532. The fourth-order valence-electron chi connectivity index (χ4n) is 8.47. The minimum atomic E-state index is -0.198. The fourth-order valence-corrected chi connectivity index (χ4v) is 8.47. The SMILES string of the molecule is Cc1ccc(CC2CCCCCCCCC(C3OC(COCc4ccccc4)C(OCc4ccccc4)C(C)C3OCc3ccccc3)CCC2)nn1. The number of hydrogen-bond acceptors (Lipinski definition) is 6. The molecule has 3 aromatic carbocycles. The third kappa shape index (κ3) is 12.6. The summed E-state index contributed by atoms with van der Waals surface area (Å²) in [6.45, 7) is 6.45. The van der Waals surface area contributed by atoms with Crippen molar-refractivity contribution in [3.05, 3.63) is 131 Å². The standard InChI is InChI=1S/C47H62N2O4/c1-36-29-30-43(49-48-36)31-38-19-10-5-3-4-6-17-27-42(28-18-26-38)47-46(52-34-41-24-15-9-16-25-41)37(2)45(51-33-40-22-13-8-14-23-40)44(53-47)35-50-32-39-20-11-7-12-21-39/h7-9,11-16,20-25,29-30,37-38,42,44-47H,3-6,10,17-19,26-28,31-35H2,1-2H3. The van der Waals surface area contributed by atoms with Gasteiger partial charge in [-0.15, -0.1) is 0 Å². The van der Waals surface area contributed by atoms with Crippen molar-refractivity contribution in [2.45, 2.75) is 135 Å². The molecule has 1 aliphatic heterocycles. The second-order valence-corrected chi connectivity index (χ2v) is 15.6. The van der Waals surface area contributed by atoms with E-state index in [1.165, 1.54) is 68.9 Å². The van der Waals surface area contributed by atoms with E-state index >= 15 is 0 Å². The predicted molar refractivity (Wildman–Crippen MR) is 212 cm³/mol. The van der Waals surface area contributed by atoms with Crippen LogP contribution in [0.2, 0.25) is 0 Å². The number of ether oxygens (including phenoxy) is 4. The van der Waals surface area contributed by atoms with Gasteiger partial charge >= 0.3 is 0 Å². The van der Waals surface area contributed by atoms with Gasteiger partial charge in [-0.25, -0.2) is 0 Å². The summed E-state index contributed by atoms with van der Waals surface area (Å²) in [5.41, 5.74) is 5.62. The molecule has 0 radical (unpaired) electrons. The Balaban J connectivity index is 1.22. The Morgan fingerprint density at radius 1 is 0.585 bits per heavy atom. The van der Waals surface area contributed by atoms with Crippen LogP contribution in [-0.4, -0.2) is 41.2 Å². The molecule has 1 aliphatic carbocycles. The largest absolute Gasteiger partial charge is 0.374 e. The molecule has 0 amide bonds. The Hall–Kier alpha value is -3.42. The van der Waals surface area contributed by atoms with Crippen molar-refractivity contribution in [3.63, 3.8) is 0 Å². The van der Waals surface area contributed by atoms with Gasteiger partial charge in [0.1, 0.15) is 6.10 Å². The molecule has 2 heterocycles. The quantitative estimate of drug-likeness (QED) is 0.137. The van der Waals surface area contributed by atoms with E-state index < -0.39 is 0 Å². The zero-order valence-corrected chi connectivity index (χ0v) is 32.2. The van der Waals surface area contributed by atoms with Crippen LogP contribution in [0.25, 0.3) is 0 Å². The summed E-state index contributed by atoms with van der Waals surface area (Å²) in [5.74, 6) is 1.13. The van der Waals surface area contributed by atoms with Gasteiger partial charge in [0.25, 0.3) is 0 Å². The molecule has 284 valence electrons. The van der Waals surface area contributed by atoms with Crippen molar-refractivity contribution in [3.8, 4) is 0 Å². The van der Waals surface area contributed by atoms with Crippen LogP contribution in [0.3, 0.4) is 0 Å². The van der Waals surface area contributed by atoms with Crippen molar-refractivity contribution in [1.82, 2.24) is 10.2 Å². The number of aryl methyl sites for hydroxylation is 1. The first-order chi connectivity index (χ1) is 26.1. The summed E-state index contributed by atoms with van der Waals surface area (Å²) in [6.07, 6.45) is 14.2. The zero-order valence-electron chi connectivity index (χ0n) is 32.2. The van der Waals surface area contributed by atoms with Gasteiger partial charge in [0.15, 0.2) is 0 Å². The molecule has 53 heavy (non-hydrogen) atoms. The maximum absolute atomic E-state index is 7.33. The highest BCUT2D eigenvalue weighted by molar-refractivity contribution is 5.15. The second-order valence-electron chi connectivity index (χ2n) is 15.6. The van der Waals surface area contributed by atoms with E-state index in [0.29, 0.717) is 38.3 Å². The van der Waals surface area contributed by atoms with Gasteiger partial charge in [-0.3, -0.25) is 0 Å². The average Bonchev–Trinajstić information content (AvgIpc) is 3.21. The molecular weight excluding hydrogens is 657 g/mol. The predicted octanol–water partition coefficient (Wildman–Crippen LogP) is 10.7. The van der Waals surface area contributed by atoms with E-state index in [1.807, 2.05) is 13.0 Å². The summed E-state index contributed by atoms with van der Waals surface area (Å²) >= 11 is 0. The molecule has 0 bridgehead atoms. The highest BCUT2D eigenvalue weighted by Crippen LogP contribution is 2.39. The highest BCUT2D eigenvalue weighted by Gasteiger charge is 2.47. The lowest BCUT2D eigenvalue weighted by Crippen LogP contribution is -2.58. The lowest BCUT2D eigenvalue weighted by molar-refractivity contribution is -0.252. The van der Waals surface area contributed by atoms with E-state index in [2.05, 4.69) is 114 Å². The second kappa shape index (κ2) is 21.5. The molecule has 1 saturated carbocycles. The van der Waals surface area contributed by atoms with Gasteiger partial charge in [0.2, 0.25) is 0 Å². The summed E-state index contributed by atoms with van der Waals surface area (Å²) < 4.78 is 27.6. The zero-order chi connectivity index (χ0) is 36.5. The maximum atomic E-state index is 7.33. The van der Waals surface area contributed by atoms with Crippen LogP contribution >= 0.6 is 0 Å². The van der Waals surface area contributed by atoms with Crippen LogP contribution < -0.4 is 0 Å². The Morgan fingerprint density at radius 3 is 1.75 bits per heavy atom. The molecule has 7 unspecified atom stereocenters. The Morgan fingerprint density at radius 2 is 1.13 bits per heavy atom. The van der Waals surface area contributed by atoms with E-state index in [9.17, 15) is 0 Å². The Kier molecular flexibility index (Phi) is 15.9. The molecule has 7 atom stereocenters. The van der Waals surface area contributed by atoms with Crippen LogP contribution in [0, 0.1) is 24.7 Å². The molecule has 1 saturated heterocycles. The smallest absolute Gasteiger partial charge is 0.108 e. The van der Waals surface area contributed by atoms with Crippen molar-refractivity contribution >= 4 is 0 Å². The maximum Gasteiger partial charge on any atom is 0.108 e. The third-order valence-corrected chi connectivity index (χ3v) is 11.5. The average molecular weight is 719 g/mol. The molecule has 0 spiro atoms. The van der Waals surface area contributed by atoms with E-state index in [0.717, 1.165) is 36.2 Å². The molecule has 6 rings (SSSR count). The highest BCUT2D eigenvalue weighted by atomic mass is 16.6. The van der Waals surface area contributed by atoms with Crippen LogP contribution in [0.4, 0.5) is 0 Å². The molecule has 6 heteroatoms. The molecule has 2 fully saturated rings. The lowest BCUT2D eigenvalue weighted by Gasteiger charge is -2.48. The number of aromatic nitrogens is 2. The van der Waals surface area contributed by atoms with Gasteiger partial charge in [0.05, 0.1) is 56.1 Å². The molecule has 2 aliphatic rings. The summed E-state index contributed by atoms with van der Waals surface area (Å²) in [5, 5.41) is 8.92. The first kappa shape index (κ1) is 39.3. The third-order valence-electron chi connectivity index (χ3n) is 11.5. The van der Waals surface area contributed by atoms with Crippen molar-refractivity contribution < 1.29 is 18.9 Å². The first-order valence-electron chi connectivity index (χ1n) is 20.5. The van der Waals surface area contributed by atoms with Gasteiger partial charge in [-0.1, -0.05) is 156 Å². The van der Waals surface area contributed by atoms with Gasteiger partial charge in [0, 0.05) is 5.92 Å². The minimum absolute atomic E-state index is 0.0397. The topological polar surface area (TPSA) is 62.7 Å². The van der Waals surface area contributed by atoms with Gasteiger partial charge in [-0.05, 0) is 66.8 Å². The molecular formula is C47H62N2O4. The minimum Gasteiger partial charge on any atom is -0.374 e. The Bertz CT molecular complexity index is 1550. The molecule has 0 N–H and O–H groups in total. The van der Waals surface area contributed by atoms with Crippen molar-refractivity contribution in [2.24, 2.45) is 17.8 Å². The summed E-state index contributed by atoms with van der Waals surface area (Å²) in [4.78, 5) is 0. The van der Waals surface area contributed by atoms with Crippen molar-refractivity contribution in [2.75, 3.05) is 6.61 Å². The Labute approximate surface area is 319 Å². The van der Waals surface area contributed by atoms with Gasteiger partial charge < -0.3 is 18.9 Å². The number of benzene rings is 3. The normalized spacial score (nSPS) is 26.2. The molecule has 4 aromatic rings. The van der Waals surface area contributed by atoms with E-state index in [4.69, 9.17) is 18.9 Å². The number of hydrogen-bond donors (Lipinski definition) is 0. The summed E-state index contributed by atoms with van der Waals surface area (Å²) in [7, 11) is 0. The summed E-state index contributed by atoms with van der Waals surface area (Å²) in [6, 6.07) is 35.7. The van der Waals surface area contributed by atoms with Crippen molar-refractivity contribution in [1.29, 1.82) is 0 Å². The van der Waals surface area contributed by atoms with Gasteiger partial charge in [-0.2, -0.15) is 10.2 Å². The van der Waals surface area contributed by atoms with Crippen LogP contribution in [0.5, 0.6) is 0 Å². The lowest BCUT2D eigenvalue weighted by atomic mass is 9.78. The van der Waals surface area contributed by atoms with E-state index in [1.54, 1.807) is 0 Å². The first-order valence-corrected chi connectivity index (χ1v) is 20.5. The monoisotopic (exact) mass is 718 g/mol.